The Balaban J connectivity index is 2.56. The van der Waals surface area contributed by atoms with Crippen molar-refractivity contribution in [2.45, 2.75) is 20.3 Å². The van der Waals surface area contributed by atoms with E-state index in [1.807, 2.05) is 13.8 Å². The molecule has 1 amide bonds. The molecular formula is C14H19N3O3S. The van der Waals surface area contributed by atoms with Gasteiger partial charge in [0.2, 0.25) is 5.91 Å². The molecule has 7 heteroatoms. The highest BCUT2D eigenvalue weighted by Gasteiger charge is 2.15. The van der Waals surface area contributed by atoms with Crippen molar-refractivity contribution in [3.05, 3.63) is 16.0 Å². The van der Waals surface area contributed by atoms with Crippen LogP contribution in [0.15, 0.2) is 0 Å². The van der Waals surface area contributed by atoms with Crippen LogP contribution in [0.25, 0.3) is 0 Å². The minimum atomic E-state index is -0.307. The number of nitrogens with zero attached hydrogens (tertiary/aromatic N) is 2. The van der Waals surface area contributed by atoms with Crippen LogP contribution in [0.1, 0.15) is 22.4 Å². The molecule has 1 heterocycles. The van der Waals surface area contributed by atoms with Crippen LogP contribution in [0.2, 0.25) is 0 Å². The first-order valence-electron chi connectivity index (χ1n) is 6.44. The molecular weight excluding hydrogens is 290 g/mol. The molecule has 1 aromatic rings. The number of anilines is 1. The van der Waals surface area contributed by atoms with E-state index in [9.17, 15) is 9.59 Å². The van der Waals surface area contributed by atoms with Crippen molar-refractivity contribution in [1.82, 2.24) is 4.90 Å². The molecule has 21 heavy (non-hydrogen) atoms. The van der Waals surface area contributed by atoms with Gasteiger partial charge >= 0.3 is 5.97 Å². The normalized spacial score (nSPS) is 10.3. The van der Waals surface area contributed by atoms with Crippen molar-refractivity contribution in [1.29, 1.82) is 5.26 Å². The largest absolute Gasteiger partial charge is 0.469 e. The van der Waals surface area contributed by atoms with Crippen molar-refractivity contribution in [3.8, 4) is 6.07 Å². The van der Waals surface area contributed by atoms with E-state index >= 15 is 0 Å². The van der Waals surface area contributed by atoms with E-state index in [2.05, 4.69) is 16.1 Å². The standard InChI is InChI=1S/C14H19N3O3S/c1-9-10(2)21-14(11(9)7-15)16-12(18)8-17(3)6-5-13(19)20-4/h5-6,8H2,1-4H3,(H,16,18). The number of hydrogen-bond acceptors (Lipinski definition) is 6. The number of nitriles is 1. The molecule has 0 unspecified atom stereocenters. The van der Waals surface area contributed by atoms with Crippen molar-refractivity contribution in [2.24, 2.45) is 0 Å². The molecule has 1 aromatic heterocycles. The van der Waals surface area contributed by atoms with Gasteiger partial charge in [-0.15, -0.1) is 11.3 Å². The first-order chi connectivity index (χ1) is 9.88. The van der Waals surface area contributed by atoms with Crippen molar-refractivity contribution < 1.29 is 14.3 Å². The molecule has 6 nitrogen and oxygen atoms in total. The lowest BCUT2D eigenvalue weighted by Crippen LogP contribution is -2.31. The van der Waals surface area contributed by atoms with E-state index in [1.54, 1.807) is 11.9 Å². The quantitative estimate of drug-likeness (QED) is 0.808. The number of carbonyl (C=O) groups is 2. The second-order valence-corrected chi connectivity index (χ2v) is 5.94. The van der Waals surface area contributed by atoms with Crippen LogP contribution in [0.4, 0.5) is 5.00 Å². The fraction of sp³-hybridized carbons (Fsp3) is 0.500. The molecule has 114 valence electrons. The van der Waals surface area contributed by atoms with Gasteiger partial charge in [0.05, 0.1) is 25.6 Å². The van der Waals surface area contributed by atoms with Crippen LogP contribution in [-0.4, -0.2) is 44.0 Å². The number of carbonyl (C=O) groups excluding carboxylic acids is 2. The number of amides is 1. The number of nitrogens with one attached hydrogen (secondary N) is 1. The summed E-state index contributed by atoms with van der Waals surface area (Å²) in [5, 5.41) is 12.5. The highest BCUT2D eigenvalue weighted by atomic mass is 32.1. The fourth-order valence-electron chi connectivity index (χ4n) is 1.72. The Kier molecular flexibility index (Phi) is 6.34. The van der Waals surface area contributed by atoms with E-state index in [1.165, 1.54) is 18.4 Å². The summed E-state index contributed by atoms with van der Waals surface area (Å²) in [6.45, 7) is 4.37. The van der Waals surface area contributed by atoms with Crippen molar-refractivity contribution in [2.75, 3.05) is 32.6 Å². The van der Waals surface area contributed by atoms with Crippen LogP contribution >= 0.6 is 11.3 Å². The Labute approximate surface area is 128 Å². The zero-order chi connectivity index (χ0) is 16.0. The number of hydrogen-bond donors (Lipinski definition) is 1. The monoisotopic (exact) mass is 309 g/mol. The minimum Gasteiger partial charge on any atom is -0.469 e. The van der Waals surface area contributed by atoms with Crippen LogP contribution < -0.4 is 5.32 Å². The minimum absolute atomic E-state index is 0.151. The number of rotatable bonds is 6. The number of aryl methyl sites for hydroxylation is 1. The molecule has 0 aliphatic carbocycles. The lowest BCUT2D eigenvalue weighted by molar-refractivity contribution is -0.141. The first-order valence-corrected chi connectivity index (χ1v) is 7.26. The molecule has 0 aliphatic heterocycles. The highest BCUT2D eigenvalue weighted by molar-refractivity contribution is 7.16. The average molecular weight is 309 g/mol. The molecule has 0 radical (unpaired) electrons. The lowest BCUT2D eigenvalue weighted by atomic mass is 10.2. The Morgan fingerprint density at radius 1 is 1.43 bits per heavy atom. The van der Waals surface area contributed by atoms with Gasteiger partial charge in [-0.05, 0) is 26.5 Å². The number of methoxy groups -OCH3 is 1. The van der Waals surface area contributed by atoms with Crippen molar-refractivity contribution in [3.63, 3.8) is 0 Å². The number of ether oxygens (including phenoxy) is 1. The fourth-order valence-corrected chi connectivity index (χ4v) is 2.75. The van der Waals surface area contributed by atoms with E-state index < -0.39 is 0 Å². The summed E-state index contributed by atoms with van der Waals surface area (Å²) in [4.78, 5) is 25.7. The number of thiophene rings is 1. The van der Waals surface area contributed by atoms with Gasteiger partial charge in [-0.1, -0.05) is 0 Å². The van der Waals surface area contributed by atoms with Crippen LogP contribution in [0.3, 0.4) is 0 Å². The maximum Gasteiger partial charge on any atom is 0.306 e. The van der Waals surface area contributed by atoms with Gasteiger partial charge in [-0.25, -0.2) is 0 Å². The average Bonchev–Trinajstić information content (AvgIpc) is 2.70. The summed E-state index contributed by atoms with van der Waals surface area (Å²) >= 11 is 1.40. The van der Waals surface area contributed by atoms with Crippen LogP contribution in [0, 0.1) is 25.2 Å². The maximum atomic E-state index is 12.0. The summed E-state index contributed by atoms with van der Waals surface area (Å²) in [6.07, 6.45) is 0.237. The zero-order valence-corrected chi connectivity index (χ0v) is 13.5. The molecule has 1 N–H and O–H groups in total. The third kappa shape index (κ3) is 4.85. The topological polar surface area (TPSA) is 82.4 Å². The number of esters is 1. The first kappa shape index (κ1) is 17.1. The van der Waals surface area contributed by atoms with Gasteiger partial charge in [0, 0.05) is 11.4 Å². The Morgan fingerprint density at radius 3 is 2.67 bits per heavy atom. The molecule has 0 bridgehead atoms. The van der Waals surface area contributed by atoms with Crippen molar-refractivity contribution >= 4 is 28.2 Å². The second-order valence-electron chi connectivity index (χ2n) is 4.71. The molecule has 0 atom stereocenters. The Morgan fingerprint density at radius 2 is 2.10 bits per heavy atom. The molecule has 0 fully saturated rings. The van der Waals surface area contributed by atoms with Crippen LogP contribution in [0.5, 0.6) is 0 Å². The molecule has 0 saturated carbocycles. The van der Waals surface area contributed by atoms with Gasteiger partial charge in [0.1, 0.15) is 11.1 Å². The smallest absolute Gasteiger partial charge is 0.306 e. The van der Waals surface area contributed by atoms with Crippen LogP contribution in [-0.2, 0) is 14.3 Å². The zero-order valence-electron chi connectivity index (χ0n) is 12.6. The van der Waals surface area contributed by atoms with E-state index in [-0.39, 0.29) is 24.8 Å². The van der Waals surface area contributed by atoms with Gasteiger partial charge in [-0.2, -0.15) is 5.26 Å². The van der Waals surface area contributed by atoms with E-state index in [0.717, 1.165) is 10.4 Å². The third-order valence-corrected chi connectivity index (χ3v) is 4.21. The van der Waals surface area contributed by atoms with Gasteiger partial charge < -0.3 is 10.1 Å². The van der Waals surface area contributed by atoms with Gasteiger partial charge in [-0.3, -0.25) is 14.5 Å². The maximum absolute atomic E-state index is 12.0. The van der Waals surface area contributed by atoms with Gasteiger partial charge in [0.25, 0.3) is 0 Å². The summed E-state index contributed by atoms with van der Waals surface area (Å²) < 4.78 is 4.55. The lowest BCUT2D eigenvalue weighted by Gasteiger charge is -2.15. The molecule has 1 rings (SSSR count). The van der Waals surface area contributed by atoms with E-state index in [4.69, 9.17) is 5.26 Å². The summed E-state index contributed by atoms with van der Waals surface area (Å²) in [5.41, 5.74) is 1.42. The molecule has 0 saturated heterocycles. The highest BCUT2D eigenvalue weighted by Crippen LogP contribution is 2.31. The second kappa shape index (κ2) is 7.76. The van der Waals surface area contributed by atoms with E-state index in [0.29, 0.717) is 17.1 Å². The Hall–Kier alpha value is -1.91. The Bertz CT molecular complexity index is 575. The molecule has 0 aliphatic rings. The van der Waals surface area contributed by atoms with Gasteiger partial charge in [0.15, 0.2) is 0 Å². The number of likely N-dealkylation sites (N-methyl/N-ethyl adjacent to an activating group) is 1. The molecule has 0 aromatic carbocycles. The SMILES string of the molecule is COC(=O)CCN(C)CC(=O)Nc1sc(C)c(C)c1C#N. The third-order valence-electron chi connectivity index (χ3n) is 3.09. The molecule has 0 spiro atoms. The summed E-state index contributed by atoms with van der Waals surface area (Å²) in [6, 6.07) is 2.11. The summed E-state index contributed by atoms with van der Waals surface area (Å²) in [7, 11) is 3.08. The predicted octanol–water partition coefficient (Wildman–Crippen LogP) is 1.67. The predicted molar refractivity (Wildman–Crippen MR) is 81.3 cm³/mol. The summed E-state index contributed by atoms with van der Waals surface area (Å²) in [5.74, 6) is -0.515.